The Morgan fingerprint density at radius 3 is 3.07 bits per heavy atom. The Labute approximate surface area is 90.9 Å². The standard InChI is InChI=1S/C12H18N2O/c1-4-12(5-1)15-8-7-14-10-11-3-2-6-13-9-11/h2-3,6,9,12,14H,1,4-5,7-8,10H2. The normalized spacial score (nSPS) is 16.3. The van der Waals surface area contributed by atoms with E-state index in [1.807, 2.05) is 12.3 Å². The van der Waals surface area contributed by atoms with Crippen LogP contribution in [0.5, 0.6) is 0 Å². The average molecular weight is 206 g/mol. The Morgan fingerprint density at radius 2 is 2.40 bits per heavy atom. The predicted octanol–water partition coefficient (Wildman–Crippen LogP) is 1.74. The molecule has 0 aliphatic heterocycles. The number of aromatic nitrogens is 1. The van der Waals surface area contributed by atoms with E-state index in [-0.39, 0.29) is 0 Å². The van der Waals surface area contributed by atoms with Gasteiger partial charge >= 0.3 is 0 Å². The van der Waals surface area contributed by atoms with Gasteiger partial charge in [0.1, 0.15) is 0 Å². The monoisotopic (exact) mass is 206 g/mol. The minimum atomic E-state index is 0.546. The number of nitrogens with zero attached hydrogens (tertiary/aromatic N) is 1. The average Bonchev–Trinajstić information content (AvgIpc) is 2.22. The molecule has 3 heteroatoms. The Morgan fingerprint density at radius 1 is 1.47 bits per heavy atom. The molecule has 0 radical (unpaired) electrons. The zero-order valence-corrected chi connectivity index (χ0v) is 8.98. The Kier molecular flexibility index (Phi) is 4.11. The molecule has 1 N–H and O–H groups in total. The minimum Gasteiger partial charge on any atom is -0.377 e. The van der Waals surface area contributed by atoms with Gasteiger partial charge in [0.15, 0.2) is 0 Å². The van der Waals surface area contributed by atoms with E-state index in [0.717, 1.165) is 19.7 Å². The van der Waals surface area contributed by atoms with E-state index < -0.39 is 0 Å². The van der Waals surface area contributed by atoms with Crippen LogP contribution in [-0.2, 0) is 11.3 Å². The fourth-order valence-corrected chi connectivity index (χ4v) is 1.57. The van der Waals surface area contributed by atoms with Crippen LogP contribution in [0.3, 0.4) is 0 Å². The van der Waals surface area contributed by atoms with Crippen molar-refractivity contribution in [2.45, 2.75) is 31.9 Å². The quantitative estimate of drug-likeness (QED) is 0.720. The molecule has 0 aromatic carbocycles. The van der Waals surface area contributed by atoms with Gasteiger partial charge in [0.25, 0.3) is 0 Å². The highest BCUT2D eigenvalue weighted by molar-refractivity contribution is 5.07. The minimum absolute atomic E-state index is 0.546. The highest BCUT2D eigenvalue weighted by Gasteiger charge is 2.16. The maximum absolute atomic E-state index is 5.64. The number of hydrogen-bond acceptors (Lipinski definition) is 3. The predicted molar refractivity (Wildman–Crippen MR) is 59.5 cm³/mol. The molecule has 1 aliphatic rings. The maximum atomic E-state index is 5.64. The van der Waals surface area contributed by atoms with Gasteiger partial charge in [-0.3, -0.25) is 4.98 Å². The van der Waals surface area contributed by atoms with Gasteiger partial charge in [0, 0.05) is 25.5 Å². The van der Waals surface area contributed by atoms with Crippen molar-refractivity contribution in [2.24, 2.45) is 0 Å². The van der Waals surface area contributed by atoms with Gasteiger partial charge in [-0.25, -0.2) is 0 Å². The summed E-state index contributed by atoms with van der Waals surface area (Å²) in [6.45, 7) is 2.62. The summed E-state index contributed by atoms with van der Waals surface area (Å²) in [4.78, 5) is 4.06. The van der Waals surface area contributed by atoms with Gasteiger partial charge in [-0.05, 0) is 30.9 Å². The van der Waals surface area contributed by atoms with E-state index in [1.165, 1.54) is 24.8 Å². The molecule has 0 saturated heterocycles. The van der Waals surface area contributed by atoms with E-state index in [9.17, 15) is 0 Å². The van der Waals surface area contributed by atoms with Crippen molar-refractivity contribution in [3.05, 3.63) is 30.1 Å². The number of ether oxygens (including phenoxy) is 1. The molecule has 2 rings (SSSR count). The third-order valence-electron chi connectivity index (χ3n) is 2.74. The molecule has 0 unspecified atom stereocenters. The number of pyridine rings is 1. The second-order valence-corrected chi connectivity index (χ2v) is 3.96. The second-order valence-electron chi connectivity index (χ2n) is 3.96. The molecule has 82 valence electrons. The zero-order valence-electron chi connectivity index (χ0n) is 8.98. The van der Waals surface area contributed by atoms with Crippen LogP contribution in [0.15, 0.2) is 24.5 Å². The van der Waals surface area contributed by atoms with Gasteiger partial charge in [-0.2, -0.15) is 0 Å². The molecule has 1 aromatic rings. The molecule has 0 amide bonds. The van der Waals surface area contributed by atoms with E-state index in [0.29, 0.717) is 6.10 Å². The number of rotatable bonds is 6. The SMILES string of the molecule is c1cncc(CNCCOC2CCC2)c1. The lowest BCUT2D eigenvalue weighted by Gasteiger charge is -2.25. The number of nitrogens with one attached hydrogen (secondary N) is 1. The largest absolute Gasteiger partial charge is 0.377 e. The molecule has 1 saturated carbocycles. The molecule has 1 heterocycles. The first kappa shape index (κ1) is 10.6. The molecular weight excluding hydrogens is 188 g/mol. The van der Waals surface area contributed by atoms with E-state index in [4.69, 9.17) is 4.74 Å². The molecule has 0 bridgehead atoms. The van der Waals surface area contributed by atoms with Crippen molar-refractivity contribution in [1.29, 1.82) is 0 Å². The topological polar surface area (TPSA) is 34.2 Å². The van der Waals surface area contributed by atoms with Crippen LogP contribution in [0.2, 0.25) is 0 Å². The summed E-state index contributed by atoms with van der Waals surface area (Å²) in [6, 6.07) is 4.04. The van der Waals surface area contributed by atoms with Crippen molar-refractivity contribution in [1.82, 2.24) is 10.3 Å². The molecule has 0 atom stereocenters. The third kappa shape index (κ3) is 3.61. The Bertz CT molecular complexity index is 272. The van der Waals surface area contributed by atoms with Gasteiger partial charge in [-0.15, -0.1) is 0 Å². The van der Waals surface area contributed by atoms with Gasteiger partial charge in [-0.1, -0.05) is 6.07 Å². The van der Waals surface area contributed by atoms with Gasteiger partial charge in [0.05, 0.1) is 12.7 Å². The van der Waals surface area contributed by atoms with Crippen LogP contribution in [0.4, 0.5) is 0 Å². The summed E-state index contributed by atoms with van der Waals surface area (Å²) < 4.78 is 5.64. The summed E-state index contributed by atoms with van der Waals surface area (Å²) in [5.74, 6) is 0. The molecule has 1 aromatic heterocycles. The highest BCUT2D eigenvalue weighted by Crippen LogP contribution is 2.21. The number of hydrogen-bond donors (Lipinski definition) is 1. The second kappa shape index (κ2) is 5.83. The van der Waals surface area contributed by atoms with Crippen LogP contribution >= 0.6 is 0 Å². The van der Waals surface area contributed by atoms with Crippen LogP contribution in [0.25, 0.3) is 0 Å². The Hall–Kier alpha value is -0.930. The fourth-order valence-electron chi connectivity index (χ4n) is 1.57. The molecular formula is C12H18N2O. The van der Waals surface area contributed by atoms with Crippen LogP contribution < -0.4 is 5.32 Å². The first-order valence-electron chi connectivity index (χ1n) is 5.66. The van der Waals surface area contributed by atoms with E-state index >= 15 is 0 Å². The summed E-state index contributed by atoms with van der Waals surface area (Å²) in [5, 5.41) is 3.34. The van der Waals surface area contributed by atoms with Crippen LogP contribution in [0.1, 0.15) is 24.8 Å². The van der Waals surface area contributed by atoms with Gasteiger partial charge in [0.2, 0.25) is 0 Å². The Balaban J connectivity index is 1.51. The van der Waals surface area contributed by atoms with Crippen molar-refractivity contribution in [3.8, 4) is 0 Å². The van der Waals surface area contributed by atoms with Crippen molar-refractivity contribution in [2.75, 3.05) is 13.2 Å². The molecule has 1 fully saturated rings. The van der Waals surface area contributed by atoms with E-state index in [1.54, 1.807) is 6.20 Å². The van der Waals surface area contributed by atoms with Crippen molar-refractivity contribution >= 4 is 0 Å². The summed E-state index contributed by atoms with van der Waals surface area (Å²) in [7, 11) is 0. The molecule has 15 heavy (non-hydrogen) atoms. The first-order chi connectivity index (χ1) is 7.45. The van der Waals surface area contributed by atoms with Crippen molar-refractivity contribution in [3.63, 3.8) is 0 Å². The third-order valence-corrected chi connectivity index (χ3v) is 2.74. The smallest absolute Gasteiger partial charge is 0.0594 e. The zero-order chi connectivity index (χ0) is 10.3. The molecule has 1 aliphatic carbocycles. The maximum Gasteiger partial charge on any atom is 0.0594 e. The van der Waals surface area contributed by atoms with E-state index in [2.05, 4.69) is 16.4 Å². The highest BCUT2D eigenvalue weighted by atomic mass is 16.5. The summed E-state index contributed by atoms with van der Waals surface area (Å²) in [6.07, 6.45) is 8.08. The first-order valence-corrected chi connectivity index (χ1v) is 5.66. The lowest BCUT2D eigenvalue weighted by atomic mass is 9.96. The lowest BCUT2D eigenvalue weighted by molar-refractivity contribution is 0.00419. The van der Waals surface area contributed by atoms with Gasteiger partial charge < -0.3 is 10.1 Å². The lowest BCUT2D eigenvalue weighted by Crippen LogP contribution is -2.26. The molecule has 3 nitrogen and oxygen atoms in total. The summed E-state index contributed by atoms with van der Waals surface area (Å²) >= 11 is 0. The van der Waals surface area contributed by atoms with Crippen LogP contribution in [-0.4, -0.2) is 24.2 Å². The fraction of sp³-hybridized carbons (Fsp3) is 0.583. The van der Waals surface area contributed by atoms with Crippen molar-refractivity contribution < 1.29 is 4.74 Å². The molecule has 0 spiro atoms. The summed E-state index contributed by atoms with van der Waals surface area (Å²) in [5.41, 5.74) is 1.22. The van der Waals surface area contributed by atoms with Crippen LogP contribution in [0, 0.1) is 0 Å².